The van der Waals surface area contributed by atoms with Crippen molar-refractivity contribution in [3.05, 3.63) is 70.6 Å². The van der Waals surface area contributed by atoms with Crippen LogP contribution in [0.3, 0.4) is 0 Å². The molecule has 2 aromatic carbocycles. The van der Waals surface area contributed by atoms with E-state index in [0.29, 0.717) is 49.9 Å². The van der Waals surface area contributed by atoms with E-state index in [2.05, 4.69) is 22.1 Å². The number of para-hydroxylation sites is 1. The summed E-state index contributed by atoms with van der Waals surface area (Å²) in [5, 5.41) is 5.09. The van der Waals surface area contributed by atoms with E-state index < -0.39 is 12.1 Å². The molecule has 3 aromatic rings. The van der Waals surface area contributed by atoms with Gasteiger partial charge in [-0.2, -0.15) is 5.10 Å². The SMILES string of the molecule is CCCn1nc(C(=O)OC(C)C(=O)N2CCN(c3ccccc3)CC2)c2ccccc2c1=O. The van der Waals surface area contributed by atoms with Gasteiger partial charge in [-0.3, -0.25) is 9.59 Å². The van der Waals surface area contributed by atoms with Crippen LogP contribution in [0.4, 0.5) is 5.69 Å². The number of esters is 1. The monoisotopic (exact) mass is 448 g/mol. The number of carbonyl (C=O) groups excluding carboxylic acids is 2. The highest BCUT2D eigenvalue weighted by atomic mass is 16.5. The number of benzene rings is 2. The highest BCUT2D eigenvalue weighted by Crippen LogP contribution is 2.18. The molecule has 0 bridgehead atoms. The number of piperazine rings is 1. The van der Waals surface area contributed by atoms with Gasteiger partial charge in [0, 0.05) is 43.8 Å². The van der Waals surface area contributed by atoms with Crippen molar-refractivity contribution in [2.45, 2.75) is 32.9 Å². The normalized spacial score (nSPS) is 14.8. The van der Waals surface area contributed by atoms with Crippen molar-refractivity contribution in [2.24, 2.45) is 0 Å². The van der Waals surface area contributed by atoms with Crippen molar-refractivity contribution >= 4 is 28.3 Å². The summed E-state index contributed by atoms with van der Waals surface area (Å²) < 4.78 is 6.81. The number of ether oxygens (including phenoxy) is 1. The lowest BCUT2D eigenvalue weighted by atomic mass is 10.1. The van der Waals surface area contributed by atoms with Crippen LogP contribution in [0, 0.1) is 0 Å². The van der Waals surface area contributed by atoms with Gasteiger partial charge in [0.15, 0.2) is 11.8 Å². The molecule has 4 rings (SSSR count). The van der Waals surface area contributed by atoms with Gasteiger partial charge in [0.25, 0.3) is 11.5 Å². The standard InChI is InChI=1S/C25H28N4O4/c1-3-13-29-24(31)21-12-8-7-11-20(21)22(26-29)25(32)33-18(2)23(30)28-16-14-27(15-17-28)19-9-5-4-6-10-19/h4-12,18H,3,13-17H2,1-2H3. The molecular formula is C25H28N4O4. The third-order valence-corrected chi connectivity index (χ3v) is 5.84. The summed E-state index contributed by atoms with van der Waals surface area (Å²) in [5.41, 5.74) is 0.931. The molecular weight excluding hydrogens is 420 g/mol. The summed E-state index contributed by atoms with van der Waals surface area (Å²) in [6, 6.07) is 16.9. The first kappa shape index (κ1) is 22.5. The Kier molecular flexibility index (Phi) is 6.72. The Labute approximate surface area is 192 Å². The summed E-state index contributed by atoms with van der Waals surface area (Å²) in [5.74, 6) is -0.943. The third kappa shape index (κ3) is 4.74. The molecule has 1 saturated heterocycles. The molecule has 33 heavy (non-hydrogen) atoms. The number of aryl methyl sites for hydroxylation is 1. The number of fused-ring (bicyclic) bond motifs is 1. The number of nitrogens with zero attached hydrogens (tertiary/aromatic N) is 4. The first-order chi connectivity index (χ1) is 16.0. The molecule has 0 saturated carbocycles. The minimum Gasteiger partial charge on any atom is -0.448 e. The molecule has 0 aliphatic carbocycles. The third-order valence-electron chi connectivity index (χ3n) is 5.84. The first-order valence-electron chi connectivity index (χ1n) is 11.3. The number of carbonyl (C=O) groups is 2. The van der Waals surface area contributed by atoms with Crippen molar-refractivity contribution in [1.29, 1.82) is 0 Å². The van der Waals surface area contributed by atoms with Crippen LogP contribution < -0.4 is 10.5 Å². The van der Waals surface area contributed by atoms with Crippen LogP contribution in [0.2, 0.25) is 0 Å². The van der Waals surface area contributed by atoms with E-state index in [4.69, 9.17) is 4.74 Å². The van der Waals surface area contributed by atoms with Gasteiger partial charge in [-0.05, 0) is 31.5 Å². The van der Waals surface area contributed by atoms with E-state index in [-0.39, 0.29) is 17.2 Å². The fraction of sp³-hybridized carbons (Fsp3) is 0.360. The Morgan fingerprint density at radius 2 is 1.61 bits per heavy atom. The molecule has 1 fully saturated rings. The maximum absolute atomic E-state index is 13.0. The van der Waals surface area contributed by atoms with E-state index in [1.54, 1.807) is 36.1 Å². The Bertz CT molecular complexity index is 1200. The second kappa shape index (κ2) is 9.85. The Hall–Kier alpha value is -3.68. The fourth-order valence-electron chi connectivity index (χ4n) is 4.10. The molecule has 1 amide bonds. The van der Waals surface area contributed by atoms with Crippen LogP contribution in [0.25, 0.3) is 10.8 Å². The van der Waals surface area contributed by atoms with Crippen molar-refractivity contribution in [3.8, 4) is 0 Å². The molecule has 8 heteroatoms. The zero-order valence-corrected chi connectivity index (χ0v) is 18.9. The van der Waals surface area contributed by atoms with E-state index in [9.17, 15) is 14.4 Å². The molecule has 0 spiro atoms. The maximum Gasteiger partial charge on any atom is 0.360 e. The van der Waals surface area contributed by atoms with Crippen LogP contribution in [-0.2, 0) is 16.1 Å². The van der Waals surface area contributed by atoms with Gasteiger partial charge < -0.3 is 14.5 Å². The second-order valence-corrected chi connectivity index (χ2v) is 8.12. The summed E-state index contributed by atoms with van der Waals surface area (Å²) in [6.07, 6.45) is -0.253. The fourth-order valence-corrected chi connectivity index (χ4v) is 4.10. The van der Waals surface area contributed by atoms with E-state index >= 15 is 0 Å². The zero-order valence-electron chi connectivity index (χ0n) is 18.9. The van der Waals surface area contributed by atoms with Gasteiger partial charge in [0.1, 0.15) is 0 Å². The van der Waals surface area contributed by atoms with Crippen LogP contribution in [-0.4, -0.2) is 58.8 Å². The smallest absolute Gasteiger partial charge is 0.360 e. The molecule has 1 aliphatic rings. The van der Waals surface area contributed by atoms with Gasteiger partial charge in [-0.15, -0.1) is 0 Å². The molecule has 1 aromatic heterocycles. The number of anilines is 1. The minimum atomic E-state index is -0.951. The lowest BCUT2D eigenvalue weighted by molar-refractivity contribution is -0.140. The van der Waals surface area contributed by atoms with Crippen molar-refractivity contribution in [1.82, 2.24) is 14.7 Å². The van der Waals surface area contributed by atoms with Gasteiger partial charge in [0.05, 0.1) is 5.39 Å². The minimum absolute atomic E-state index is 0.0483. The maximum atomic E-state index is 13.0. The van der Waals surface area contributed by atoms with Crippen molar-refractivity contribution < 1.29 is 14.3 Å². The summed E-state index contributed by atoms with van der Waals surface area (Å²) in [6.45, 7) is 6.43. The predicted molar refractivity (Wildman–Crippen MR) is 126 cm³/mol. The number of rotatable bonds is 6. The molecule has 1 aliphatic heterocycles. The lowest BCUT2D eigenvalue weighted by Crippen LogP contribution is -2.51. The highest BCUT2D eigenvalue weighted by molar-refractivity contribution is 6.02. The first-order valence-corrected chi connectivity index (χ1v) is 11.3. The van der Waals surface area contributed by atoms with E-state index in [0.717, 1.165) is 5.69 Å². The zero-order chi connectivity index (χ0) is 23.4. The lowest BCUT2D eigenvalue weighted by Gasteiger charge is -2.37. The molecule has 8 nitrogen and oxygen atoms in total. The van der Waals surface area contributed by atoms with Gasteiger partial charge in [0.2, 0.25) is 0 Å². The average molecular weight is 449 g/mol. The van der Waals surface area contributed by atoms with Crippen LogP contribution >= 0.6 is 0 Å². The molecule has 0 radical (unpaired) electrons. The van der Waals surface area contributed by atoms with Gasteiger partial charge in [-0.25, -0.2) is 9.48 Å². The summed E-state index contributed by atoms with van der Waals surface area (Å²) in [4.78, 5) is 42.5. The van der Waals surface area contributed by atoms with Crippen molar-refractivity contribution in [3.63, 3.8) is 0 Å². The molecule has 2 heterocycles. The molecule has 1 unspecified atom stereocenters. The Balaban J connectivity index is 1.46. The van der Waals surface area contributed by atoms with E-state index in [1.165, 1.54) is 4.68 Å². The molecule has 0 N–H and O–H groups in total. The largest absolute Gasteiger partial charge is 0.448 e. The van der Waals surface area contributed by atoms with E-state index in [1.807, 2.05) is 25.1 Å². The summed E-state index contributed by atoms with van der Waals surface area (Å²) >= 11 is 0. The quantitative estimate of drug-likeness (QED) is 0.539. The Morgan fingerprint density at radius 3 is 2.27 bits per heavy atom. The van der Waals surface area contributed by atoms with Crippen molar-refractivity contribution in [2.75, 3.05) is 31.1 Å². The predicted octanol–water partition coefficient (Wildman–Crippen LogP) is 2.70. The average Bonchev–Trinajstić information content (AvgIpc) is 2.86. The highest BCUT2D eigenvalue weighted by Gasteiger charge is 2.29. The summed E-state index contributed by atoms with van der Waals surface area (Å²) in [7, 11) is 0. The van der Waals surface area contributed by atoms with Crippen LogP contribution in [0.5, 0.6) is 0 Å². The van der Waals surface area contributed by atoms with Gasteiger partial charge in [-0.1, -0.05) is 43.3 Å². The Morgan fingerprint density at radius 1 is 0.970 bits per heavy atom. The van der Waals surface area contributed by atoms with Gasteiger partial charge >= 0.3 is 5.97 Å². The topological polar surface area (TPSA) is 84.7 Å². The van der Waals surface area contributed by atoms with Crippen LogP contribution in [0.15, 0.2) is 59.4 Å². The number of hydrogen-bond acceptors (Lipinski definition) is 6. The molecule has 172 valence electrons. The molecule has 1 atom stereocenters. The van der Waals surface area contributed by atoms with Crippen LogP contribution in [0.1, 0.15) is 30.8 Å². The second-order valence-electron chi connectivity index (χ2n) is 8.12. The number of hydrogen-bond donors (Lipinski definition) is 0. The number of aromatic nitrogens is 2. The number of amides is 1.